The van der Waals surface area contributed by atoms with Gasteiger partial charge in [0.2, 0.25) is 5.91 Å². The lowest BCUT2D eigenvalue weighted by atomic mass is 10.3. The second-order valence-electron chi connectivity index (χ2n) is 3.08. The number of amides is 1. The van der Waals surface area contributed by atoms with Crippen LogP contribution in [0.25, 0.3) is 0 Å². The van der Waals surface area contributed by atoms with Crippen LogP contribution in [-0.4, -0.2) is 41.1 Å². The van der Waals surface area contributed by atoms with Crippen molar-refractivity contribution in [2.45, 2.75) is 23.6 Å². The highest BCUT2D eigenvalue weighted by Gasteiger charge is 2.45. The maximum atomic E-state index is 12.5. The molecule has 1 saturated heterocycles. The van der Waals surface area contributed by atoms with E-state index in [2.05, 4.69) is 15.9 Å². The Kier molecular flexibility index (Phi) is 3.39. The standard InChI is InChI=1S/C7H8BrF4NO/c8-4-1-2-13(5(4)14)3-7(11,12)6(9)10/h4,6H,1-3H2. The third-order valence-electron chi connectivity index (χ3n) is 1.95. The monoisotopic (exact) mass is 277 g/mol. The second-order valence-corrected chi connectivity index (χ2v) is 4.18. The van der Waals surface area contributed by atoms with Crippen LogP contribution < -0.4 is 0 Å². The average molecular weight is 278 g/mol. The summed E-state index contributed by atoms with van der Waals surface area (Å²) in [6, 6.07) is 0. The Morgan fingerprint density at radius 3 is 2.50 bits per heavy atom. The van der Waals surface area contributed by atoms with E-state index < -0.39 is 29.6 Å². The van der Waals surface area contributed by atoms with Gasteiger partial charge < -0.3 is 4.90 Å². The Bertz CT molecular complexity index is 236. The molecule has 14 heavy (non-hydrogen) atoms. The van der Waals surface area contributed by atoms with Crippen LogP contribution in [0.4, 0.5) is 17.6 Å². The van der Waals surface area contributed by atoms with Gasteiger partial charge >= 0.3 is 12.3 Å². The van der Waals surface area contributed by atoms with Crippen molar-refractivity contribution in [3.05, 3.63) is 0 Å². The molecular weight excluding hydrogens is 270 g/mol. The van der Waals surface area contributed by atoms with Gasteiger partial charge in [0.15, 0.2) is 0 Å². The third-order valence-corrected chi connectivity index (χ3v) is 2.80. The maximum absolute atomic E-state index is 12.5. The molecule has 0 radical (unpaired) electrons. The number of halogens is 5. The first-order valence-corrected chi connectivity index (χ1v) is 4.85. The number of hydrogen-bond donors (Lipinski definition) is 0. The summed E-state index contributed by atoms with van der Waals surface area (Å²) in [5.74, 6) is -4.67. The Balaban J connectivity index is 2.57. The largest absolute Gasteiger partial charge is 0.335 e. The van der Waals surface area contributed by atoms with Crippen molar-refractivity contribution >= 4 is 21.8 Å². The minimum Gasteiger partial charge on any atom is -0.335 e. The summed E-state index contributed by atoms with van der Waals surface area (Å²) in [4.78, 5) is 11.3. The number of rotatable bonds is 3. The van der Waals surface area contributed by atoms with E-state index >= 15 is 0 Å². The van der Waals surface area contributed by atoms with Crippen LogP contribution in [0.2, 0.25) is 0 Å². The molecule has 1 unspecified atom stereocenters. The molecule has 0 aliphatic carbocycles. The number of alkyl halides is 5. The third kappa shape index (κ3) is 2.37. The molecule has 7 heteroatoms. The number of hydrogen-bond acceptors (Lipinski definition) is 1. The molecule has 0 aromatic carbocycles. The van der Waals surface area contributed by atoms with Crippen LogP contribution in [0, 0.1) is 0 Å². The van der Waals surface area contributed by atoms with Crippen LogP contribution in [0.3, 0.4) is 0 Å². The van der Waals surface area contributed by atoms with Crippen molar-refractivity contribution in [3.8, 4) is 0 Å². The van der Waals surface area contributed by atoms with Gasteiger partial charge in [-0.3, -0.25) is 4.79 Å². The second kappa shape index (κ2) is 4.04. The van der Waals surface area contributed by atoms with Gasteiger partial charge in [0.05, 0.1) is 11.4 Å². The molecule has 0 spiro atoms. The van der Waals surface area contributed by atoms with E-state index in [1.165, 1.54) is 0 Å². The molecule has 1 aliphatic heterocycles. The van der Waals surface area contributed by atoms with Crippen molar-refractivity contribution in [3.63, 3.8) is 0 Å². The van der Waals surface area contributed by atoms with Crippen molar-refractivity contribution in [1.82, 2.24) is 4.90 Å². The molecule has 2 nitrogen and oxygen atoms in total. The molecule has 1 heterocycles. The van der Waals surface area contributed by atoms with Crippen LogP contribution in [-0.2, 0) is 4.79 Å². The number of likely N-dealkylation sites (tertiary alicyclic amines) is 1. The molecule has 82 valence electrons. The van der Waals surface area contributed by atoms with E-state index in [0.29, 0.717) is 6.42 Å². The van der Waals surface area contributed by atoms with E-state index in [1.54, 1.807) is 0 Å². The zero-order valence-corrected chi connectivity index (χ0v) is 8.61. The minimum absolute atomic E-state index is 0.0943. The summed E-state index contributed by atoms with van der Waals surface area (Å²) >= 11 is 2.97. The van der Waals surface area contributed by atoms with Gasteiger partial charge in [0, 0.05) is 6.54 Å². The molecule has 1 fully saturated rings. The molecule has 1 atom stereocenters. The first kappa shape index (κ1) is 11.7. The Hall–Kier alpha value is -0.330. The quantitative estimate of drug-likeness (QED) is 0.570. The first-order valence-electron chi connectivity index (χ1n) is 3.93. The summed E-state index contributed by atoms with van der Waals surface area (Å²) in [6.07, 6.45) is -3.36. The van der Waals surface area contributed by atoms with Gasteiger partial charge in [0.1, 0.15) is 0 Å². The Morgan fingerprint density at radius 1 is 1.57 bits per heavy atom. The minimum atomic E-state index is -4.12. The molecule has 0 aromatic rings. The van der Waals surface area contributed by atoms with Crippen molar-refractivity contribution < 1.29 is 22.4 Å². The number of carbonyl (C=O) groups is 1. The molecule has 0 saturated carbocycles. The summed E-state index contributed by atoms with van der Waals surface area (Å²) in [5, 5.41) is 0. The zero-order chi connectivity index (χ0) is 10.9. The van der Waals surface area contributed by atoms with E-state index in [1.807, 2.05) is 0 Å². The maximum Gasteiger partial charge on any atom is 0.324 e. The molecular formula is C7H8BrF4NO. The predicted molar refractivity (Wildman–Crippen MR) is 44.9 cm³/mol. The molecule has 0 aromatic heterocycles. The Labute approximate surface area is 86.4 Å². The van der Waals surface area contributed by atoms with Crippen molar-refractivity contribution in [1.29, 1.82) is 0 Å². The van der Waals surface area contributed by atoms with Crippen LogP contribution in [0.5, 0.6) is 0 Å². The van der Waals surface area contributed by atoms with Gasteiger partial charge in [-0.25, -0.2) is 8.78 Å². The van der Waals surface area contributed by atoms with E-state index in [4.69, 9.17) is 0 Å². The van der Waals surface area contributed by atoms with Gasteiger partial charge in [-0.1, -0.05) is 15.9 Å². The van der Waals surface area contributed by atoms with Gasteiger partial charge in [-0.15, -0.1) is 0 Å². The van der Waals surface area contributed by atoms with Crippen LogP contribution in [0.15, 0.2) is 0 Å². The van der Waals surface area contributed by atoms with Crippen LogP contribution in [0.1, 0.15) is 6.42 Å². The summed E-state index contributed by atoms with van der Waals surface area (Å²) in [7, 11) is 0. The summed E-state index contributed by atoms with van der Waals surface area (Å²) in [6.45, 7) is -1.11. The summed E-state index contributed by atoms with van der Waals surface area (Å²) < 4.78 is 48.7. The topological polar surface area (TPSA) is 20.3 Å². The van der Waals surface area contributed by atoms with E-state index in [9.17, 15) is 22.4 Å². The lowest BCUT2D eigenvalue weighted by Crippen LogP contribution is -2.43. The fraction of sp³-hybridized carbons (Fsp3) is 0.857. The first-order chi connectivity index (χ1) is 6.34. The highest BCUT2D eigenvalue weighted by atomic mass is 79.9. The zero-order valence-electron chi connectivity index (χ0n) is 7.02. The van der Waals surface area contributed by atoms with E-state index in [0.717, 1.165) is 4.90 Å². The van der Waals surface area contributed by atoms with Crippen molar-refractivity contribution in [2.75, 3.05) is 13.1 Å². The highest BCUT2D eigenvalue weighted by molar-refractivity contribution is 9.10. The average Bonchev–Trinajstić information content (AvgIpc) is 2.35. The smallest absolute Gasteiger partial charge is 0.324 e. The molecule has 1 rings (SSSR count). The molecule has 1 amide bonds. The molecule has 0 bridgehead atoms. The lowest BCUT2D eigenvalue weighted by molar-refractivity contribution is -0.152. The highest BCUT2D eigenvalue weighted by Crippen LogP contribution is 2.27. The van der Waals surface area contributed by atoms with Crippen molar-refractivity contribution in [2.24, 2.45) is 0 Å². The summed E-state index contributed by atoms with van der Waals surface area (Å²) in [5.41, 5.74) is 0. The lowest BCUT2D eigenvalue weighted by Gasteiger charge is -2.22. The molecule has 1 aliphatic rings. The fourth-order valence-corrected chi connectivity index (χ4v) is 1.68. The fourth-order valence-electron chi connectivity index (χ4n) is 1.18. The van der Waals surface area contributed by atoms with E-state index in [-0.39, 0.29) is 6.54 Å². The Morgan fingerprint density at radius 2 is 2.14 bits per heavy atom. The van der Waals surface area contributed by atoms with Gasteiger partial charge in [0.25, 0.3) is 0 Å². The predicted octanol–water partition coefficient (Wildman–Crippen LogP) is 1.88. The van der Waals surface area contributed by atoms with Gasteiger partial charge in [-0.2, -0.15) is 8.78 Å². The SMILES string of the molecule is O=C1C(Br)CCN1CC(F)(F)C(F)F. The van der Waals surface area contributed by atoms with Crippen LogP contribution >= 0.6 is 15.9 Å². The number of nitrogens with zero attached hydrogens (tertiary/aromatic N) is 1. The normalized spacial score (nSPS) is 23.7. The molecule has 0 N–H and O–H groups in total. The number of carbonyl (C=O) groups excluding carboxylic acids is 1. The van der Waals surface area contributed by atoms with Gasteiger partial charge in [-0.05, 0) is 6.42 Å².